The maximum atomic E-state index is 3.81. The van der Waals surface area contributed by atoms with Crippen molar-refractivity contribution in [3.8, 4) is 0 Å². The fraction of sp³-hybridized carbons (Fsp3) is 0.467. The molecule has 0 spiro atoms. The van der Waals surface area contributed by atoms with Gasteiger partial charge in [0.2, 0.25) is 0 Å². The Morgan fingerprint density at radius 3 is 2.53 bits per heavy atom. The van der Waals surface area contributed by atoms with E-state index in [4.69, 9.17) is 0 Å². The van der Waals surface area contributed by atoms with Crippen molar-refractivity contribution < 1.29 is 0 Å². The Balaban J connectivity index is 2.58. The zero-order valence-corrected chi connectivity index (χ0v) is 9.78. The van der Waals surface area contributed by atoms with Gasteiger partial charge in [0.25, 0.3) is 0 Å². The van der Waals surface area contributed by atoms with Gasteiger partial charge in [-0.2, -0.15) is 0 Å². The monoisotopic (exact) mass is 202 g/mol. The van der Waals surface area contributed by atoms with Crippen LogP contribution in [0.3, 0.4) is 0 Å². The molecule has 82 valence electrons. The number of hydrogen-bond acceptors (Lipinski definition) is 0. The van der Waals surface area contributed by atoms with E-state index in [1.807, 2.05) is 6.08 Å². The highest BCUT2D eigenvalue weighted by atomic mass is 14.1. The molecule has 1 unspecified atom stereocenters. The second kappa shape index (κ2) is 7.28. The third-order valence-electron chi connectivity index (χ3n) is 2.90. The summed E-state index contributed by atoms with van der Waals surface area (Å²) in [6, 6.07) is 10.9. The lowest BCUT2D eigenvalue weighted by molar-refractivity contribution is 0.552. The van der Waals surface area contributed by atoms with Crippen LogP contribution < -0.4 is 0 Å². The molecule has 15 heavy (non-hydrogen) atoms. The lowest BCUT2D eigenvalue weighted by Gasteiger charge is -2.16. The summed E-state index contributed by atoms with van der Waals surface area (Å²) in [4.78, 5) is 0. The standard InChI is InChI=1S/C15H22/c1-3-5-10-14(11-6-4-2)15-12-8-7-9-13-15/h3,7-9,12-14H,1,4-6,10-11H2,2H3. The fourth-order valence-corrected chi connectivity index (χ4v) is 1.97. The van der Waals surface area contributed by atoms with Crippen LogP contribution in [-0.2, 0) is 0 Å². The highest BCUT2D eigenvalue weighted by molar-refractivity contribution is 5.19. The first kappa shape index (κ1) is 12.0. The molecule has 1 rings (SSSR count). The molecule has 1 atom stereocenters. The Morgan fingerprint density at radius 1 is 1.20 bits per heavy atom. The van der Waals surface area contributed by atoms with Crippen LogP contribution in [0.2, 0.25) is 0 Å². The van der Waals surface area contributed by atoms with Crippen LogP contribution in [0.5, 0.6) is 0 Å². The molecule has 0 fully saturated rings. The molecule has 0 radical (unpaired) electrons. The van der Waals surface area contributed by atoms with Crippen LogP contribution in [0.1, 0.15) is 50.5 Å². The molecule has 0 saturated carbocycles. The summed E-state index contributed by atoms with van der Waals surface area (Å²) in [6.45, 7) is 6.07. The number of rotatable bonds is 7. The number of allylic oxidation sites excluding steroid dienone is 1. The van der Waals surface area contributed by atoms with Gasteiger partial charge in [-0.25, -0.2) is 0 Å². The number of benzene rings is 1. The first-order valence-electron chi connectivity index (χ1n) is 6.04. The highest BCUT2D eigenvalue weighted by Crippen LogP contribution is 2.26. The van der Waals surface area contributed by atoms with Gasteiger partial charge in [0.15, 0.2) is 0 Å². The Labute approximate surface area is 94.0 Å². The van der Waals surface area contributed by atoms with Crippen molar-refractivity contribution in [2.24, 2.45) is 0 Å². The summed E-state index contributed by atoms with van der Waals surface area (Å²) < 4.78 is 0. The normalized spacial score (nSPS) is 12.3. The molecule has 0 N–H and O–H groups in total. The van der Waals surface area contributed by atoms with Crippen molar-refractivity contribution in [2.45, 2.75) is 44.9 Å². The fourth-order valence-electron chi connectivity index (χ4n) is 1.97. The molecule has 0 nitrogen and oxygen atoms in total. The molecule has 0 saturated heterocycles. The van der Waals surface area contributed by atoms with Gasteiger partial charge < -0.3 is 0 Å². The van der Waals surface area contributed by atoms with Crippen molar-refractivity contribution in [2.75, 3.05) is 0 Å². The van der Waals surface area contributed by atoms with E-state index in [1.165, 1.54) is 31.2 Å². The van der Waals surface area contributed by atoms with E-state index < -0.39 is 0 Å². The van der Waals surface area contributed by atoms with Crippen LogP contribution in [-0.4, -0.2) is 0 Å². The maximum Gasteiger partial charge on any atom is -0.0159 e. The van der Waals surface area contributed by atoms with Gasteiger partial charge in [0, 0.05) is 0 Å². The molecule has 0 heteroatoms. The molecule has 0 amide bonds. The zero-order chi connectivity index (χ0) is 10.9. The van der Waals surface area contributed by atoms with Crippen molar-refractivity contribution in [1.82, 2.24) is 0 Å². The number of unbranched alkanes of at least 4 members (excludes halogenated alkanes) is 1. The molecule has 0 aliphatic heterocycles. The van der Waals surface area contributed by atoms with Crippen LogP contribution >= 0.6 is 0 Å². The first-order chi connectivity index (χ1) is 7.38. The Bertz CT molecular complexity index is 261. The van der Waals surface area contributed by atoms with Gasteiger partial charge in [0.1, 0.15) is 0 Å². The molecule has 0 aromatic heterocycles. The summed E-state index contributed by atoms with van der Waals surface area (Å²) in [7, 11) is 0. The minimum absolute atomic E-state index is 0.726. The average Bonchev–Trinajstić information content (AvgIpc) is 2.30. The second-order valence-corrected chi connectivity index (χ2v) is 4.12. The summed E-state index contributed by atoms with van der Waals surface area (Å²) >= 11 is 0. The minimum Gasteiger partial charge on any atom is -0.103 e. The Hall–Kier alpha value is -1.04. The summed E-state index contributed by atoms with van der Waals surface area (Å²) in [5, 5.41) is 0. The van der Waals surface area contributed by atoms with E-state index in [0.717, 1.165) is 12.3 Å². The van der Waals surface area contributed by atoms with Crippen molar-refractivity contribution in [3.05, 3.63) is 48.6 Å². The molecule has 0 aliphatic carbocycles. The smallest absolute Gasteiger partial charge is 0.0159 e. The lowest BCUT2D eigenvalue weighted by Crippen LogP contribution is -1.98. The van der Waals surface area contributed by atoms with Gasteiger partial charge in [-0.3, -0.25) is 0 Å². The van der Waals surface area contributed by atoms with Gasteiger partial charge in [0.05, 0.1) is 0 Å². The SMILES string of the molecule is C=CCCC(CCCC)c1ccccc1. The van der Waals surface area contributed by atoms with E-state index in [-0.39, 0.29) is 0 Å². The molecular formula is C15H22. The highest BCUT2D eigenvalue weighted by Gasteiger charge is 2.09. The van der Waals surface area contributed by atoms with Gasteiger partial charge >= 0.3 is 0 Å². The van der Waals surface area contributed by atoms with E-state index in [0.29, 0.717) is 0 Å². The van der Waals surface area contributed by atoms with Crippen LogP contribution in [0.15, 0.2) is 43.0 Å². The van der Waals surface area contributed by atoms with Gasteiger partial charge in [-0.05, 0) is 30.7 Å². The molecule has 1 aromatic rings. The molecule has 1 aromatic carbocycles. The first-order valence-corrected chi connectivity index (χ1v) is 6.04. The predicted octanol–water partition coefficient (Wildman–Crippen LogP) is 4.93. The summed E-state index contributed by atoms with van der Waals surface area (Å²) in [5.74, 6) is 0.726. The zero-order valence-electron chi connectivity index (χ0n) is 9.78. The summed E-state index contributed by atoms with van der Waals surface area (Å²) in [6.07, 6.45) is 8.33. The van der Waals surface area contributed by atoms with Crippen LogP contribution in [0.25, 0.3) is 0 Å². The largest absolute Gasteiger partial charge is 0.103 e. The molecular weight excluding hydrogens is 180 g/mol. The van der Waals surface area contributed by atoms with Gasteiger partial charge in [-0.1, -0.05) is 56.2 Å². The van der Waals surface area contributed by atoms with Crippen LogP contribution in [0.4, 0.5) is 0 Å². The quantitative estimate of drug-likeness (QED) is 0.550. The minimum atomic E-state index is 0.726. The third kappa shape index (κ3) is 4.33. The predicted molar refractivity (Wildman–Crippen MR) is 68.1 cm³/mol. The maximum absolute atomic E-state index is 3.81. The van der Waals surface area contributed by atoms with Crippen molar-refractivity contribution in [1.29, 1.82) is 0 Å². The topological polar surface area (TPSA) is 0 Å². The van der Waals surface area contributed by atoms with E-state index in [2.05, 4.69) is 43.8 Å². The van der Waals surface area contributed by atoms with Crippen molar-refractivity contribution in [3.63, 3.8) is 0 Å². The average molecular weight is 202 g/mol. The number of hydrogen-bond donors (Lipinski definition) is 0. The van der Waals surface area contributed by atoms with Gasteiger partial charge in [-0.15, -0.1) is 6.58 Å². The van der Waals surface area contributed by atoms with E-state index in [9.17, 15) is 0 Å². The molecule has 0 bridgehead atoms. The Morgan fingerprint density at radius 2 is 1.93 bits per heavy atom. The van der Waals surface area contributed by atoms with E-state index >= 15 is 0 Å². The lowest BCUT2D eigenvalue weighted by atomic mass is 9.89. The Kier molecular flexibility index (Phi) is 5.84. The van der Waals surface area contributed by atoms with Crippen LogP contribution in [0, 0.1) is 0 Å². The van der Waals surface area contributed by atoms with Crippen molar-refractivity contribution >= 4 is 0 Å². The van der Waals surface area contributed by atoms with E-state index in [1.54, 1.807) is 0 Å². The second-order valence-electron chi connectivity index (χ2n) is 4.12. The summed E-state index contributed by atoms with van der Waals surface area (Å²) in [5.41, 5.74) is 1.49. The molecule has 0 heterocycles. The molecule has 0 aliphatic rings. The third-order valence-corrected chi connectivity index (χ3v) is 2.90.